The van der Waals surface area contributed by atoms with Crippen molar-refractivity contribution in [2.24, 2.45) is 0 Å². The Bertz CT molecular complexity index is 854. The van der Waals surface area contributed by atoms with Gasteiger partial charge in [-0.25, -0.2) is 9.18 Å². The van der Waals surface area contributed by atoms with Gasteiger partial charge in [-0.2, -0.15) is 0 Å². The van der Waals surface area contributed by atoms with Crippen molar-refractivity contribution in [3.63, 3.8) is 0 Å². The van der Waals surface area contributed by atoms with Crippen LogP contribution in [0.15, 0.2) is 60.1 Å². The Labute approximate surface area is 141 Å². The number of hydrogen-bond donors (Lipinski definition) is 1. The maximum absolute atomic E-state index is 14.3. The van der Waals surface area contributed by atoms with Crippen LogP contribution in [0.1, 0.15) is 39.3 Å². The molecule has 0 aliphatic carbocycles. The number of rotatable bonds is 5. The molecule has 0 aliphatic rings. The zero-order valence-corrected chi connectivity index (χ0v) is 14.4. The number of hydrogen-bond acceptors (Lipinski definition) is 1. The maximum Gasteiger partial charge on any atom is 0.328 e. The second-order valence-electron chi connectivity index (χ2n) is 6.12. The van der Waals surface area contributed by atoms with Gasteiger partial charge in [0.05, 0.1) is 0 Å². The zero-order valence-electron chi connectivity index (χ0n) is 14.4. The predicted molar refractivity (Wildman–Crippen MR) is 96.6 cm³/mol. The molecule has 1 aromatic heterocycles. The highest BCUT2D eigenvalue weighted by Gasteiger charge is 2.07. The lowest BCUT2D eigenvalue weighted by atomic mass is 10.0. The fourth-order valence-corrected chi connectivity index (χ4v) is 2.56. The molecule has 1 aromatic carbocycles. The SMILES string of the molecule is CC(C=CC(F)=C(C)c1ccc2c(ccn2C(C)C)c1)=CC(=O)O. The molecule has 4 heteroatoms. The van der Waals surface area contributed by atoms with Crippen molar-refractivity contribution in [2.75, 3.05) is 0 Å². The quantitative estimate of drug-likeness (QED) is 0.581. The third kappa shape index (κ3) is 4.02. The molecule has 0 spiro atoms. The third-order valence-corrected chi connectivity index (χ3v) is 3.91. The summed E-state index contributed by atoms with van der Waals surface area (Å²) in [5, 5.41) is 9.73. The Morgan fingerprint density at radius 1 is 1.21 bits per heavy atom. The number of carboxylic acid groups (broad SMARTS) is 1. The summed E-state index contributed by atoms with van der Waals surface area (Å²) < 4.78 is 16.5. The van der Waals surface area contributed by atoms with E-state index in [-0.39, 0.29) is 5.83 Å². The molecule has 1 heterocycles. The average Bonchev–Trinajstić information content (AvgIpc) is 2.94. The lowest BCUT2D eigenvalue weighted by Crippen LogP contribution is -1.97. The van der Waals surface area contributed by atoms with Crippen LogP contribution >= 0.6 is 0 Å². The number of aromatic nitrogens is 1. The molecule has 2 aromatic rings. The van der Waals surface area contributed by atoms with Crippen molar-refractivity contribution in [3.8, 4) is 0 Å². The highest BCUT2D eigenvalue weighted by atomic mass is 19.1. The van der Waals surface area contributed by atoms with E-state index in [1.54, 1.807) is 13.8 Å². The third-order valence-electron chi connectivity index (χ3n) is 3.91. The summed E-state index contributed by atoms with van der Waals surface area (Å²) >= 11 is 0. The normalized spacial score (nSPS) is 13.8. The summed E-state index contributed by atoms with van der Waals surface area (Å²) in [6.45, 7) is 7.58. The predicted octanol–water partition coefficient (Wildman–Crippen LogP) is 5.51. The van der Waals surface area contributed by atoms with Crippen molar-refractivity contribution in [1.29, 1.82) is 0 Å². The first-order valence-corrected chi connectivity index (χ1v) is 7.86. The van der Waals surface area contributed by atoms with Gasteiger partial charge in [-0.15, -0.1) is 0 Å². The topological polar surface area (TPSA) is 42.2 Å². The molecule has 0 unspecified atom stereocenters. The van der Waals surface area contributed by atoms with E-state index in [4.69, 9.17) is 5.11 Å². The minimum Gasteiger partial charge on any atom is -0.478 e. The van der Waals surface area contributed by atoms with Gasteiger partial charge in [-0.1, -0.05) is 12.1 Å². The number of fused-ring (bicyclic) bond motifs is 1. The molecule has 0 saturated heterocycles. The number of nitrogens with zero attached hydrogens (tertiary/aromatic N) is 1. The fourth-order valence-electron chi connectivity index (χ4n) is 2.56. The molecular weight excluding hydrogens is 305 g/mol. The van der Waals surface area contributed by atoms with Crippen LogP contribution in [0.2, 0.25) is 0 Å². The molecule has 126 valence electrons. The minimum absolute atomic E-state index is 0.369. The number of aliphatic carboxylic acids is 1. The van der Waals surface area contributed by atoms with E-state index in [9.17, 15) is 9.18 Å². The lowest BCUT2D eigenvalue weighted by molar-refractivity contribution is -0.131. The summed E-state index contributed by atoms with van der Waals surface area (Å²) in [4.78, 5) is 10.6. The smallest absolute Gasteiger partial charge is 0.328 e. The van der Waals surface area contributed by atoms with Crippen molar-refractivity contribution >= 4 is 22.4 Å². The van der Waals surface area contributed by atoms with E-state index < -0.39 is 5.97 Å². The first kappa shape index (κ1) is 17.7. The van der Waals surface area contributed by atoms with Gasteiger partial charge in [0.2, 0.25) is 0 Å². The van der Waals surface area contributed by atoms with Crippen LogP contribution in [0.5, 0.6) is 0 Å². The standard InChI is InChI=1S/C20H22FNO2/c1-13(2)22-10-9-17-12-16(6-8-19(17)22)15(4)18(21)7-5-14(3)11-20(23)24/h5-13H,1-4H3,(H,23,24). The molecule has 24 heavy (non-hydrogen) atoms. The van der Waals surface area contributed by atoms with E-state index in [1.165, 1.54) is 12.2 Å². The number of carbonyl (C=O) groups is 1. The van der Waals surface area contributed by atoms with Crippen LogP contribution in [0.3, 0.4) is 0 Å². The molecule has 0 aliphatic heterocycles. The molecular formula is C20H22FNO2. The van der Waals surface area contributed by atoms with Crippen molar-refractivity contribution in [2.45, 2.75) is 33.7 Å². The largest absolute Gasteiger partial charge is 0.478 e. The van der Waals surface area contributed by atoms with Gasteiger partial charge >= 0.3 is 5.97 Å². The Morgan fingerprint density at radius 2 is 1.92 bits per heavy atom. The van der Waals surface area contributed by atoms with Gasteiger partial charge in [-0.05, 0) is 68.7 Å². The van der Waals surface area contributed by atoms with Crippen molar-refractivity contribution < 1.29 is 14.3 Å². The van der Waals surface area contributed by atoms with Crippen LogP contribution in [-0.4, -0.2) is 15.6 Å². The summed E-state index contributed by atoms with van der Waals surface area (Å²) in [5.74, 6) is -1.42. The Balaban J connectivity index is 2.34. The first-order valence-electron chi connectivity index (χ1n) is 7.86. The van der Waals surface area contributed by atoms with E-state index in [2.05, 4.69) is 18.4 Å². The average molecular weight is 327 g/mol. The molecule has 2 rings (SSSR count). The van der Waals surface area contributed by atoms with Crippen LogP contribution in [0.25, 0.3) is 16.5 Å². The van der Waals surface area contributed by atoms with E-state index >= 15 is 0 Å². The molecule has 0 amide bonds. The maximum atomic E-state index is 14.3. The van der Waals surface area contributed by atoms with Crippen molar-refractivity contribution in [3.05, 3.63) is 65.7 Å². The number of benzene rings is 1. The first-order chi connectivity index (χ1) is 11.3. The second kappa shape index (κ2) is 7.30. The molecule has 0 radical (unpaired) electrons. The van der Waals surface area contributed by atoms with Crippen LogP contribution < -0.4 is 0 Å². The summed E-state index contributed by atoms with van der Waals surface area (Å²) in [7, 11) is 0. The highest BCUT2D eigenvalue weighted by Crippen LogP contribution is 2.26. The molecule has 0 bridgehead atoms. The zero-order chi connectivity index (χ0) is 17.9. The van der Waals surface area contributed by atoms with E-state index in [0.717, 1.165) is 22.5 Å². The van der Waals surface area contributed by atoms with Gasteiger partial charge in [0, 0.05) is 29.2 Å². The van der Waals surface area contributed by atoms with Gasteiger partial charge in [0.25, 0.3) is 0 Å². The van der Waals surface area contributed by atoms with Crippen LogP contribution in [0, 0.1) is 0 Å². The Kier molecular flexibility index (Phi) is 5.39. The molecule has 1 N–H and O–H groups in total. The Morgan fingerprint density at radius 3 is 2.54 bits per heavy atom. The molecule has 0 fully saturated rings. The minimum atomic E-state index is -1.04. The van der Waals surface area contributed by atoms with Gasteiger partial charge < -0.3 is 9.67 Å². The van der Waals surface area contributed by atoms with E-state index in [1.807, 2.05) is 30.5 Å². The number of carboxylic acids is 1. The summed E-state index contributed by atoms with van der Waals surface area (Å²) in [6.07, 6.45) is 5.84. The fraction of sp³-hybridized carbons (Fsp3) is 0.250. The molecule has 0 saturated carbocycles. The van der Waals surface area contributed by atoms with Crippen LogP contribution in [-0.2, 0) is 4.79 Å². The molecule has 0 atom stereocenters. The Hall–Kier alpha value is -2.62. The van der Waals surface area contributed by atoms with Crippen LogP contribution in [0.4, 0.5) is 4.39 Å². The van der Waals surface area contributed by atoms with Gasteiger partial charge in [0.15, 0.2) is 0 Å². The monoisotopic (exact) mass is 327 g/mol. The molecule has 3 nitrogen and oxygen atoms in total. The van der Waals surface area contributed by atoms with Gasteiger partial charge in [0.1, 0.15) is 5.83 Å². The summed E-state index contributed by atoms with van der Waals surface area (Å²) in [5.41, 5.74) is 2.94. The summed E-state index contributed by atoms with van der Waals surface area (Å²) in [6, 6.07) is 8.27. The van der Waals surface area contributed by atoms with E-state index in [0.29, 0.717) is 17.2 Å². The van der Waals surface area contributed by atoms with Crippen molar-refractivity contribution in [1.82, 2.24) is 4.57 Å². The number of halogens is 1. The lowest BCUT2D eigenvalue weighted by Gasteiger charge is -2.10. The second-order valence-corrected chi connectivity index (χ2v) is 6.12. The number of allylic oxidation sites excluding steroid dienone is 5. The highest BCUT2D eigenvalue weighted by molar-refractivity contribution is 5.85. The van der Waals surface area contributed by atoms with Gasteiger partial charge in [-0.3, -0.25) is 0 Å².